The van der Waals surface area contributed by atoms with Crippen LogP contribution in [-0.4, -0.2) is 43.8 Å². The number of ether oxygens (including phenoxy) is 1. The van der Waals surface area contributed by atoms with Gasteiger partial charge in [0.05, 0.1) is 38.2 Å². The van der Waals surface area contributed by atoms with Crippen molar-refractivity contribution in [1.29, 1.82) is 0 Å². The summed E-state index contributed by atoms with van der Waals surface area (Å²) < 4.78 is 25.7. The van der Waals surface area contributed by atoms with Gasteiger partial charge in [-0.15, -0.1) is 24.0 Å². The van der Waals surface area contributed by atoms with Gasteiger partial charge in [0, 0.05) is 25.0 Å². The molecule has 3 rings (SSSR count). The van der Waals surface area contributed by atoms with Crippen LogP contribution < -0.4 is 15.5 Å². The second-order valence-electron chi connectivity index (χ2n) is 8.30. The fraction of sp³-hybridized carbons (Fsp3) is 0.545. The molecule has 1 aliphatic heterocycles. The molecule has 7 nitrogen and oxygen atoms in total. The summed E-state index contributed by atoms with van der Waals surface area (Å²) in [5, 5.41) is 6.41. The highest BCUT2D eigenvalue weighted by atomic mass is 127. The molecule has 0 unspecified atom stereocenters. The van der Waals surface area contributed by atoms with Gasteiger partial charge in [0.2, 0.25) is 5.89 Å². The second kappa shape index (κ2) is 11.7. The minimum atomic E-state index is -0.225. The van der Waals surface area contributed by atoms with E-state index >= 15 is 0 Å². The number of guanidine groups is 1. The number of nitrogens with one attached hydrogen (secondary N) is 2. The van der Waals surface area contributed by atoms with Crippen molar-refractivity contribution in [2.45, 2.75) is 46.2 Å². The number of aliphatic imine (C=N–C) groups is 1. The van der Waals surface area contributed by atoms with Gasteiger partial charge in [-0.1, -0.05) is 26.8 Å². The molecular weight excluding hydrogens is 512 g/mol. The van der Waals surface area contributed by atoms with E-state index in [2.05, 4.69) is 41.4 Å². The van der Waals surface area contributed by atoms with E-state index < -0.39 is 0 Å². The van der Waals surface area contributed by atoms with Crippen molar-refractivity contribution in [1.82, 2.24) is 15.6 Å². The molecule has 0 saturated carbocycles. The molecule has 0 aliphatic carbocycles. The highest BCUT2D eigenvalue weighted by Crippen LogP contribution is 2.23. The Labute approximate surface area is 200 Å². The van der Waals surface area contributed by atoms with E-state index in [0.717, 1.165) is 17.9 Å². The van der Waals surface area contributed by atoms with Crippen molar-refractivity contribution < 1.29 is 13.5 Å². The highest BCUT2D eigenvalue weighted by Gasteiger charge is 2.19. The van der Waals surface area contributed by atoms with E-state index in [0.29, 0.717) is 56.9 Å². The lowest BCUT2D eigenvalue weighted by molar-refractivity contribution is 0.122. The molecule has 0 atom stereocenters. The molecule has 9 heteroatoms. The molecular formula is C22H33FIN5O2. The molecule has 0 amide bonds. The summed E-state index contributed by atoms with van der Waals surface area (Å²) in [5.41, 5.74) is 1.35. The number of aromatic nitrogens is 1. The van der Waals surface area contributed by atoms with Crippen LogP contribution in [0.2, 0.25) is 0 Å². The predicted molar refractivity (Wildman–Crippen MR) is 132 cm³/mol. The van der Waals surface area contributed by atoms with Crippen molar-refractivity contribution >= 4 is 35.6 Å². The molecule has 0 radical (unpaired) electrons. The van der Waals surface area contributed by atoms with Gasteiger partial charge in [-0.3, -0.25) is 0 Å². The average Bonchev–Trinajstić information content (AvgIpc) is 3.20. The first kappa shape index (κ1) is 25.4. The number of anilines is 1. The molecule has 31 heavy (non-hydrogen) atoms. The van der Waals surface area contributed by atoms with Gasteiger partial charge in [-0.2, -0.15) is 0 Å². The highest BCUT2D eigenvalue weighted by molar-refractivity contribution is 14.0. The molecule has 1 aromatic carbocycles. The topological polar surface area (TPSA) is 74.9 Å². The second-order valence-corrected chi connectivity index (χ2v) is 8.30. The molecule has 2 heterocycles. The summed E-state index contributed by atoms with van der Waals surface area (Å²) in [4.78, 5) is 10.9. The minimum Gasteiger partial charge on any atom is -0.443 e. The first-order valence-corrected chi connectivity index (χ1v) is 10.5. The van der Waals surface area contributed by atoms with Crippen LogP contribution in [0.1, 0.15) is 44.9 Å². The Hall–Kier alpha value is -1.88. The van der Waals surface area contributed by atoms with Gasteiger partial charge >= 0.3 is 0 Å². The number of hydrogen-bond donors (Lipinski definition) is 2. The summed E-state index contributed by atoms with van der Waals surface area (Å²) in [6.07, 6.45) is 1.76. The lowest BCUT2D eigenvalue weighted by Crippen LogP contribution is -2.37. The van der Waals surface area contributed by atoms with Gasteiger partial charge in [0.1, 0.15) is 11.6 Å². The van der Waals surface area contributed by atoms with Gasteiger partial charge in [0.25, 0.3) is 0 Å². The fourth-order valence-electron chi connectivity index (χ4n) is 3.12. The molecule has 1 aliphatic rings. The van der Waals surface area contributed by atoms with Crippen LogP contribution in [-0.2, 0) is 23.2 Å². The Morgan fingerprint density at radius 2 is 1.97 bits per heavy atom. The van der Waals surface area contributed by atoms with Crippen LogP contribution >= 0.6 is 24.0 Å². The maximum absolute atomic E-state index is 14.6. The van der Waals surface area contributed by atoms with Crippen LogP contribution in [0.4, 0.5) is 10.1 Å². The Kier molecular flexibility index (Phi) is 9.54. The molecule has 1 saturated heterocycles. The first-order valence-electron chi connectivity index (χ1n) is 10.5. The Morgan fingerprint density at radius 3 is 2.58 bits per heavy atom. The van der Waals surface area contributed by atoms with Crippen LogP contribution in [0.25, 0.3) is 0 Å². The average molecular weight is 545 g/mol. The maximum atomic E-state index is 14.6. The van der Waals surface area contributed by atoms with Crippen molar-refractivity contribution in [2.75, 3.05) is 37.7 Å². The molecule has 172 valence electrons. The van der Waals surface area contributed by atoms with Crippen LogP contribution in [0, 0.1) is 5.82 Å². The largest absolute Gasteiger partial charge is 0.443 e. The number of nitrogens with zero attached hydrogens (tertiary/aromatic N) is 3. The fourth-order valence-corrected chi connectivity index (χ4v) is 3.12. The number of oxazole rings is 1. The van der Waals surface area contributed by atoms with E-state index in [4.69, 9.17) is 9.15 Å². The van der Waals surface area contributed by atoms with Crippen LogP contribution in [0.5, 0.6) is 0 Å². The first-order chi connectivity index (χ1) is 14.4. The van der Waals surface area contributed by atoms with Gasteiger partial charge < -0.3 is 24.7 Å². The minimum absolute atomic E-state index is 0. The van der Waals surface area contributed by atoms with Gasteiger partial charge in [-0.05, 0) is 24.6 Å². The summed E-state index contributed by atoms with van der Waals surface area (Å²) in [7, 11) is 0. The molecule has 2 aromatic rings. The SMILES string of the molecule is CCNC(=NCc1ccc(N2CCOCC2)c(F)c1)NCc1ncc(C(C)(C)C)o1.I. The summed E-state index contributed by atoms with van der Waals surface area (Å²) >= 11 is 0. The van der Waals surface area contributed by atoms with Crippen LogP contribution in [0.3, 0.4) is 0 Å². The lowest BCUT2D eigenvalue weighted by Gasteiger charge is -2.29. The number of halogens is 2. The summed E-state index contributed by atoms with van der Waals surface area (Å²) in [6.45, 7) is 12.4. The molecule has 1 fully saturated rings. The normalized spacial score (nSPS) is 14.9. The third-order valence-corrected chi connectivity index (χ3v) is 4.83. The zero-order valence-electron chi connectivity index (χ0n) is 18.7. The smallest absolute Gasteiger partial charge is 0.213 e. The zero-order valence-corrected chi connectivity index (χ0v) is 21.0. The number of rotatable bonds is 6. The summed E-state index contributed by atoms with van der Waals surface area (Å²) in [5.74, 6) is 1.85. The van der Waals surface area contributed by atoms with Crippen molar-refractivity contribution in [3.05, 3.63) is 47.4 Å². The van der Waals surface area contributed by atoms with Gasteiger partial charge in [-0.25, -0.2) is 14.4 Å². The Bertz CT molecular complexity index is 860. The Balaban J connectivity index is 0.00000341. The number of benzene rings is 1. The third kappa shape index (κ3) is 7.34. The quantitative estimate of drug-likeness (QED) is 0.327. The maximum Gasteiger partial charge on any atom is 0.213 e. The molecule has 0 spiro atoms. The number of hydrogen-bond acceptors (Lipinski definition) is 5. The number of morpholine rings is 1. The molecule has 2 N–H and O–H groups in total. The lowest BCUT2D eigenvalue weighted by atomic mass is 9.94. The predicted octanol–water partition coefficient (Wildman–Crippen LogP) is 3.82. The van der Waals surface area contributed by atoms with Crippen molar-refractivity contribution in [2.24, 2.45) is 4.99 Å². The third-order valence-electron chi connectivity index (χ3n) is 4.83. The zero-order chi connectivity index (χ0) is 21.6. The molecule has 0 bridgehead atoms. The Morgan fingerprint density at radius 1 is 1.23 bits per heavy atom. The van der Waals surface area contributed by atoms with E-state index in [1.165, 1.54) is 0 Å². The standard InChI is InChI=1S/C22H32FN5O2.HI/c1-5-24-21(27-15-20-25-14-19(30-20)22(2,3)4)26-13-16-6-7-18(17(23)12-16)28-8-10-29-11-9-28;/h6-7,12,14H,5,8-11,13,15H2,1-4H3,(H2,24,26,27);1H. The van der Waals surface area contributed by atoms with Gasteiger partial charge in [0.15, 0.2) is 5.96 Å². The van der Waals surface area contributed by atoms with Crippen molar-refractivity contribution in [3.63, 3.8) is 0 Å². The van der Waals surface area contributed by atoms with E-state index in [1.54, 1.807) is 12.3 Å². The summed E-state index contributed by atoms with van der Waals surface area (Å²) in [6, 6.07) is 5.30. The van der Waals surface area contributed by atoms with E-state index in [-0.39, 0.29) is 35.2 Å². The molecule has 1 aromatic heterocycles. The van der Waals surface area contributed by atoms with E-state index in [9.17, 15) is 4.39 Å². The van der Waals surface area contributed by atoms with E-state index in [1.807, 2.05) is 24.0 Å². The van der Waals surface area contributed by atoms with Crippen LogP contribution in [0.15, 0.2) is 33.8 Å². The van der Waals surface area contributed by atoms with Crippen molar-refractivity contribution in [3.8, 4) is 0 Å². The monoisotopic (exact) mass is 545 g/mol.